The Bertz CT molecular complexity index is 358. The Kier molecular flexibility index (Phi) is 4.01. The summed E-state index contributed by atoms with van der Waals surface area (Å²) >= 11 is 3.30. The van der Waals surface area contributed by atoms with Crippen LogP contribution >= 0.6 is 15.9 Å². The molecule has 1 aliphatic rings. The number of rotatable bonds is 4. The fourth-order valence-corrected chi connectivity index (χ4v) is 2.29. The zero-order valence-electron chi connectivity index (χ0n) is 9.05. The van der Waals surface area contributed by atoms with Gasteiger partial charge in [0.2, 0.25) is 0 Å². The van der Waals surface area contributed by atoms with Crippen molar-refractivity contribution >= 4 is 21.8 Å². The number of amides is 1. The van der Waals surface area contributed by atoms with E-state index in [1.807, 2.05) is 0 Å². The van der Waals surface area contributed by atoms with Gasteiger partial charge in [-0.25, -0.2) is 0 Å². The van der Waals surface area contributed by atoms with E-state index in [-0.39, 0.29) is 5.91 Å². The second kappa shape index (κ2) is 5.50. The molecule has 4 nitrogen and oxygen atoms in total. The van der Waals surface area contributed by atoms with Crippen molar-refractivity contribution in [2.45, 2.75) is 12.8 Å². The van der Waals surface area contributed by atoms with Crippen LogP contribution in [0.15, 0.2) is 16.7 Å². The van der Waals surface area contributed by atoms with E-state index >= 15 is 0 Å². The number of aromatic nitrogens is 1. The van der Waals surface area contributed by atoms with E-state index in [0.717, 1.165) is 36.4 Å². The van der Waals surface area contributed by atoms with Crippen molar-refractivity contribution in [1.29, 1.82) is 0 Å². The molecule has 1 unspecified atom stereocenters. The maximum Gasteiger partial charge on any atom is 0.267 e. The lowest BCUT2D eigenvalue weighted by Crippen LogP contribution is -2.26. The number of aromatic amines is 1. The fraction of sp³-hybridized carbons (Fsp3) is 0.545. The van der Waals surface area contributed by atoms with E-state index in [4.69, 9.17) is 0 Å². The average molecular weight is 286 g/mol. The zero-order chi connectivity index (χ0) is 11.4. The van der Waals surface area contributed by atoms with Crippen LogP contribution in [-0.4, -0.2) is 30.5 Å². The highest BCUT2D eigenvalue weighted by Crippen LogP contribution is 2.12. The molecule has 1 aromatic heterocycles. The van der Waals surface area contributed by atoms with Crippen LogP contribution in [0.1, 0.15) is 23.3 Å². The Labute approximate surface area is 103 Å². The lowest BCUT2D eigenvalue weighted by molar-refractivity contribution is 0.0947. The quantitative estimate of drug-likeness (QED) is 0.785. The summed E-state index contributed by atoms with van der Waals surface area (Å²) in [5.74, 6) is 0.687. The molecule has 1 aromatic rings. The molecule has 2 rings (SSSR count). The minimum Gasteiger partial charge on any atom is -0.356 e. The van der Waals surface area contributed by atoms with Gasteiger partial charge in [-0.1, -0.05) is 0 Å². The number of carbonyl (C=O) groups excluding carboxylic acids is 1. The summed E-state index contributed by atoms with van der Waals surface area (Å²) in [5.41, 5.74) is 0.608. The van der Waals surface area contributed by atoms with Crippen LogP contribution in [0.2, 0.25) is 0 Å². The Morgan fingerprint density at radius 2 is 2.50 bits per heavy atom. The third kappa shape index (κ3) is 3.09. The molecule has 0 bridgehead atoms. The topological polar surface area (TPSA) is 56.9 Å². The average Bonchev–Trinajstić information content (AvgIpc) is 2.89. The largest absolute Gasteiger partial charge is 0.356 e. The lowest BCUT2D eigenvalue weighted by atomic mass is 10.1. The van der Waals surface area contributed by atoms with Crippen LogP contribution in [-0.2, 0) is 0 Å². The van der Waals surface area contributed by atoms with Crippen LogP contribution in [0.5, 0.6) is 0 Å². The van der Waals surface area contributed by atoms with Crippen LogP contribution in [0.25, 0.3) is 0 Å². The molecule has 88 valence electrons. The third-order valence-electron chi connectivity index (χ3n) is 2.89. The van der Waals surface area contributed by atoms with Crippen LogP contribution < -0.4 is 10.6 Å². The minimum atomic E-state index is -0.0309. The Hall–Kier alpha value is -0.810. The van der Waals surface area contributed by atoms with Crippen molar-refractivity contribution in [3.05, 3.63) is 22.4 Å². The van der Waals surface area contributed by atoms with Crippen molar-refractivity contribution < 1.29 is 4.79 Å². The van der Waals surface area contributed by atoms with Gasteiger partial charge in [0.15, 0.2) is 0 Å². The summed E-state index contributed by atoms with van der Waals surface area (Å²) in [6.07, 6.45) is 4.04. The molecule has 2 heterocycles. The van der Waals surface area contributed by atoms with Crippen LogP contribution in [0, 0.1) is 5.92 Å². The number of nitrogens with one attached hydrogen (secondary N) is 3. The number of hydrogen-bond acceptors (Lipinski definition) is 2. The molecule has 1 aliphatic heterocycles. The molecule has 0 spiro atoms. The smallest absolute Gasteiger partial charge is 0.267 e. The monoisotopic (exact) mass is 285 g/mol. The minimum absolute atomic E-state index is 0.0309. The van der Waals surface area contributed by atoms with Gasteiger partial charge < -0.3 is 15.6 Å². The van der Waals surface area contributed by atoms with Gasteiger partial charge in [-0.3, -0.25) is 4.79 Å². The maximum atomic E-state index is 11.7. The Morgan fingerprint density at radius 1 is 1.62 bits per heavy atom. The second-order valence-corrected chi connectivity index (χ2v) is 5.05. The molecule has 1 atom stereocenters. The molecule has 1 fully saturated rings. The van der Waals surface area contributed by atoms with E-state index < -0.39 is 0 Å². The highest BCUT2D eigenvalue weighted by atomic mass is 79.9. The van der Waals surface area contributed by atoms with Gasteiger partial charge in [-0.2, -0.15) is 0 Å². The summed E-state index contributed by atoms with van der Waals surface area (Å²) in [7, 11) is 0. The summed E-state index contributed by atoms with van der Waals surface area (Å²) in [6.45, 7) is 2.95. The molecule has 1 amide bonds. The molecule has 3 N–H and O–H groups in total. The predicted molar refractivity (Wildman–Crippen MR) is 66.4 cm³/mol. The first kappa shape index (κ1) is 11.7. The third-order valence-corrected chi connectivity index (χ3v) is 3.35. The highest BCUT2D eigenvalue weighted by Gasteiger charge is 2.14. The SMILES string of the molecule is O=C(NCCC1CCNC1)c1cc(Br)c[nH]1. The molecule has 0 aromatic carbocycles. The van der Waals surface area contributed by atoms with Crippen molar-refractivity contribution in [2.75, 3.05) is 19.6 Å². The Balaban J connectivity index is 1.71. The summed E-state index contributed by atoms with van der Waals surface area (Å²) in [6, 6.07) is 1.78. The normalized spacial score (nSPS) is 19.9. The van der Waals surface area contributed by atoms with Crippen molar-refractivity contribution in [2.24, 2.45) is 5.92 Å². The van der Waals surface area contributed by atoms with E-state index in [1.54, 1.807) is 12.3 Å². The van der Waals surface area contributed by atoms with Gasteiger partial charge in [0.05, 0.1) is 0 Å². The summed E-state index contributed by atoms with van der Waals surface area (Å²) in [4.78, 5) is 14.6. The number of hydrogen-bond donors (Lipinski definition) is 3. The lowest BCUT2D eigenvalue weighted by Gasteiger charge is -2.08. The molecule has 0 aliphatic carbocycles. The second-order valence-electron chi connectivity index (χ2n) is 4.13. The maximum absolute atomic E-state index is 11.7. The predicted octanol–water partition coefficient (Wildman–Crippen LogP) is 1.51. The van der Waals surface area contributed by atoms with Gasteiger partial charge in [-0.05, 0) is 53.8 Å². The van der Waals surface area contributed by atoms with Crippen LogP contribution in [0.4, 0.5) is 0 Å². The molecule has 0 saturated carbocycles. The molecule has 5 heteroatoms. The van der Waals surface area contributed by atoms with Crippen molar-refractivity contribution in [3.63, 3.8) is 0 Å². The number of carbonyl (C=O) groups is 1. The summed E-state index contributed by atoms with van der Waals surface area (Å²) < 4.78 is 0.901. The first-order valence-corrected chi connectivity index (χ1v) is 6.38. The number of H-pyrrole nitrogens is 1. The fourth-order valence-electron chi connectivity index (χ4n) is 1.94. The van der Waals surface area contributed by atoms with Crippen LogP contribution in [0.3, 0.4) is 0 Å². The summed E-state index contributed by atoms with van der Waals surface area (Å²) in [5, 5.41) is 6.24. The van der Waals surface area contributed by atoms with E-state index in [1.165, 1.54) is 6.42 Å². The van der Waals surface area contributed by atoms with Gasteiger partial charge in [0.25, 0.3) is 5.91 Å². The molecule has 0 radical (unpaired) electrons. The molecule has 1 saturated heterocycles. The van der Waals surface area contributed by atoms with Gasteiger partial charge in [0, 0.05) is 17.2 Å². The van der Waals surface area contributed by atoms with Gasteiger partial charge in [-0.15, -0.1) is 0 Å². The molecule has 16 heavy (non-hydrogen) atoms. The highest BCUT2D eigenvalue weighted by molar-refractivity contribution is 9.10. The standard InChI is InChI=1S/C11H16BrN3O/c12-9-5-10(15-7-9)11(16)14-4-2-8-1-3-13-6-8/h5,7-8,13,15H,1-4,6H2,(H,14,16). The van der Waals surface area contributed by atoms with E-state index in [9.17, 15) is 4.79 Å². The zero-order valence-corrected chi connectivity index (χ0v) is 10.6. The molecular formula is C11H16BrN3O. The van der Waals surface area contributed by atoms with E-state index in [0.29, 0.717) is 5.69 Å². The molecular weight excluding hydrogens is 270 g/mol. The van der Waals surface area contributed by atoms with Gasteiger partial charge >= 0.3 is 0 Å². The van der Waals surface area contributed by atoms with Gasteiger partial charge in [0.1, 0.15) is 5.69 Å². The first-order valence-electron chi connectivity index (χ1n) is 5.58. The first-order chi connectivity index (χ1) is 7.75. The van der Waals surface area contributed by atoms with Crippen molar-refractivity contribution in [1.82, 2.24) is 15.6 Å². The van der Waals surface area contributed by atoms with Crippen molar-refractivity contribution in [3.8, 4) is 0 Å². The Morgan fingerprint density at radius 3 is 3.12 bits per heavy atom. The van der Waals surface area contributed by atoms with E-state index in [2.05, 4.69) is 31.5 Å². The number of halogens is 1.